The number of carbonyl (C=O) groups excluding carboxylic acids is 2. The zero-order valence-electron chi connectivity index (χ0n) is 7.34. The first-order valence-electron chi connectivity index (χ1n) is 2.68. The summed E-state index contributed by atoms with van der Waals surface area (Å²) in [7, 11) is 0. The van der Waals surface area contributed by atoms with E-state index in [0.717, 1.165) is 6.41 Å². The van der Waals surface area contributed by atoms with Crippen LogP contribution in [0.4, 0.5) is 0 Å². The van der Waals surface area contributed by atoms with Crippen molar-refractivity contribution in [2.24, 2.45) is 4.99 Å². The minimum absolute atomic E-state index is 0. The predicted octanol–water partition coefficient (Wildman–Crippen LogP) is -2.14. The summed E-state index contributed by atoms with van der Waals surface area (Å²) >= 11 is 0. The van der Waals surface area contributed by atoms with Crippen LogP contribution >= 0.6 is 0 Å². The topological polar surface area (TPSA) is 46.5 Å². The molecule has 0 saturated carbocycles. The van der Waals surface area contributed by atoms with Gasteiger partial charge < -0.3 is 26.8 Å². The molecule has 58 valence electrons. The third-order valence-electron chi connectivity index (χ3n) is 0.170. The van der Waals surface area contributed by atoms with E-state index in [1.807, 2.05) is 0 Å². The van der Waals surface area contributed by atoms with Crippen molar-refractivity contribution in [3.05, 3.63) is 5.92 Å². The quantitative estimate of drug-likeness (QED) is 0.276. The van der Waals surface area contributed by atoms with Crippen LogP contribution in [0.25, 0.3) is 0 Å². The van der Waals surface area contributed by atoms with E-state index in [2.05, 4.69) is 25.8 Å². The molecule has 3 nitrogen and oxygen atoms in total. The van der Waals surface area contributed by atoms with E-state index in [9.17, 15) is 0 Å². The number of amides is 1. The molecule has 0 N–H and O–H groups in total. The summed E-state index contributed by atoms with van der Waals surface area (Å²) in [6.07, 6.45) is 3.09. The second kappa shape index (κ2) is 16.9. The zero-order chi connectivity index (χ0) is 8.41. The zero-order valence-corrected chi connectivity index (χ0v) is 10.5. The van der Waals surface area contributed by atoms with E-state index < -0.39 is 0 Å². The van der Waals surface area contributed by atoms with Crippen molar-refractivity contribution in [1.29, 1.82) is 0 Å². The Bertz CT molecular complexity index is 100. The fraction of sp³-hybridized carbons (Fsp3) is 0.429. The van der Waals surface area contributed by atoms with Gasteiger partial charge in [-0.25, -0.2) is 0 Å². The molecular formula is C7H10KNO2-2. The van der Waals surface area contributed by atoms with E-state index >= 15 is 0 Å². The standard InChI is InChI=1S/C4H9.C3HNO2.K/c1-4(2)3;5-2-1-4-3-6;/h1-3H3;1H;/q-1;-2;+1. The van der Waals surface area contributed by atoms with Gasteiger partial charge in [0.2, 0.25) is 0 Å². The normalized spacial score (nSPS) is 8.00. The van der Waals surface area contributed by atoms with Gasteiger partial charge in [-0.3, -0.25) is 6.21 Å². The molecule has 0 atom stereocenters. The predicted molar refractivity (Wildman–Crippen MR) is 40.1 cm³/mol. The van der Waals surface area contributed by atoms with Crippen molar-refractivity contribution in [3.8, 4) is 0 Å². The molecule has 0 aliphatic rings. The van der Waals surface area contributed by atoms with Gasteiger partial charge >= 0.3 is 51.4 Å². The molecule has 1 amide bonds. The molecule has 0 radical (unpaired) electrons. The van der Waals surface area contributed by atoms with E-state index in [4.69, 9.17) is 9.59 Å². The molecule has 0 fully saturated rings. The number of hydrogen-bond acceptors (Lipinski definition) is 2. The Morgan fingerprint density at radius 2 is 1.64 bits per heavy atom. The second-order valence-corrected chi connectivity index (χ2v) is 1.97. The van der Waals surface area contributed by atoms with Crippen LogP contribution in [0.2, 0.25) is 0 Å². The van der Waals surface area contributed by atoms with Crippen molar-refractivity contribution in [2.45, 2.75) is 20.8 Å². The Morgan fingerprint density at radius 1 is 1.27 bits per heavy atom. The maximum absolute atomic E-state index is 9.11. The van der Waals surface area contributed by atoms with Gasteiger partial charge in [-0.2, -0.15) is 20.8 Å². The maximum atomic E-state index is 9.11. The third-order valence-corrected chi connectivity index (χ3v) is 0.170. The van der Waals surface area contributed by atoms with Crippen LogP contribution in [0.15, 0.2) is 4.99 Å². The molecule has 0 aromatic heterocycles. The maximum Gasteiger partial charge on any atom is 1.00 e. The molecule has 4 heteroatoms. The van der Waals surface area contributed by atoms with Gasteiger partial charge in [-0.1, -0.05) is 0 Å². The van der Waals surface area contributed by atoms with Crippen LogP contribution in [0.3, 0.4) is 0 Å². The average molecular weight is 179 g/mol. The fourth-order valence-corrected chi connectivity index (χ4v) is 0.0527. The molecule has 0 heterocycles. The van der Waals surface area contributed by atoms with Crippen molar-refractivity contribution < 1.29 is 61.0 Å². The monoisotopic (exact) mass is 179 g/mol. The van der Waals surface area contributed by atoms with Gasteiger partial charge in [0.1, 0.15) is 0 Å². The van der Waals surface area contributed by atoms with Gasteiger partial charge in [0, 0.05) is 0 Å². The van der Waals surface area contributed by atoms with Gasteiger partial charge in [-0.15, -0.1) is 0 Å². The summed E-state index contributed by atoms with van der Waals surface area (Å²) < 4.78 is 0. The molecule has 0 saturated heterocycles. The van der Waals surface area contributed by atoms with Gasteiger partial charge in [-0.05, 0) is 0 Å². The van der Waals surface area contributed by atoms with Crippen molar-refractivity contribution in [2.75, 3.05) is 0 Å². The van der Waals surface area contributed by atoms with Crippen molar-refractivity contribution in [1.82, 2.24) is 0 Å². The van der Waals surface area contributed by atoms with Gasteiger partial charge in [0.15, 0.2) is 0 Å². The molecule has 11 heavy (non-hydrogen) atoms. The summed E-state index contributed by atoms with van der Waals surface area (Å²) in [6.45, 7) is 6.25. The average Bonchev–Trinajstić information content (AvgIpc) is 1.82. The largest absolute Gasteiger partial charge is 1.00 e. The Balaban J connectivity index is -0.000000114. The number of nitrogens with zero attached hydrogens (tertiary/aromatic N) is 1. The van der Waals surface area contributed by atoms with E-state index in [0.29, 0.717) is 6.21 Å². The number of rotatable bonds is 2. The first kappa shape index (κ1) is 17.7. The first-order valence-corrected chi connectivity index (χ1v) is 2.68. The Labute approximate surface area is 110 Å². The van der Waals surface area contributed by atoms with Crippen LogP contribution in [0.5, 0.6) is 0 Å². The van der Waals surface area contributed by atoms with Crippen LogP contribution < -0.4 is 51.4 Å². The van der Waals surface area contributed by atoms with E-state index in [1.54, 1.807) is 0 Å². The van der Waals surface area contributed by atoms with Gasteiger partial charge in [0.25, 0.3) is 0 Å². The Kier molecular flexibility index (Phi) is 27.2. The van der Waals surface area contributed by atoms with Crippen molar-refractivity contribution >= 4 is 18.9 Å². The Morgan fingerprint density at radius 3 is 1.73 bits per heavy atom. The molecule has 0 aromatic carbocycles. The molecule has 0 bridgehead atoms. The minimum Gasteiger partial charge on any atom is -0.556 e. The molecule has 0 unspecified atom stereocenters. The van der Waals surface area contributed by atoms with Crippen molar-refractivity contribution in [3.63, 3.8) is 0 Å². The van der Waals surface area contributed by atoms with E-state index in [-0.39, 0.29) is 51.4 Å². The SMILES string of the molecule is C[C-](C)C.O=[C-]C=N[C-]=O.[K+]. The van der Waals surface area contributed by atoms with Crippen LogP contribution in [0.1, 0.15) is 20.8 Å². The fourth-order valence-electron chi connectivity index (χ4n) is 0.0527. The molecule has 0 spiro atoms. The summed E-state index contributed by atoms with van der Waals surface area (Å²) in [5.41, 5.74) is 0. The van der Waals surface area contributed by atoms with Crippen LogP contribution in [-0.2, 0) is 9.59 Å². The van der Waals surface area contributed by atoms with E-state index in [1.165, 1.54) is 12.2 Å². The smallest absolute Gasteiger partial charge is 0.556 e. The molecule has 0 rings (SSSR count). The molecule has 0 aliphatic carbocycles. The second-order valence-electron chi connectivity index (χ2n) is 1.97. The number of aliphatic imine (C=N–C) groups is 1. The summed E-state index contributed by atoms with van der Waals surface area (Å²) in [5, 5.41) is 0. The van der Waals surface area contributed by atoms with Gasteiger partial charge in [0.05, 0.1) is 6.41 Å². The third kappa shape index (κ3) is 59.9. The summed E-state index contributed by atoms with van der Waals surface area (Å²) in [5.74, 6) is 1.42. The minimum atomic E-state index is 0. The van der Waals surface area contributed by atoms with Crippen LogP contribution in [-0.4, -0.2) is 18.9 Å². The molecule has 0 aromatic rings. The molecule has 0 aliphatic heterocycles. The molecular weight excluding hydrogens is 169 g/mol. The summed E-state index contributed by atoms with van der Waals surface area (Å²) in [6, 6.07) is 0. The first-order chi connectivity index (χ1) is 4.65. The summed E-state index contributed by atoms with van der Waals surface area (Å²) in [4.78, 5) is 20.9. The Hall–Kier alpha value is 0.646. The van der Waals surface area contributed by atoms with Crippen LogP contribution in [0, 0.1) is 5.92 Å². The number of hydrogen-bond donors (Lipinski definition) is 0.